The number of hydrogen-bond donors (Lipinski definition) is 1. The number of nitrogens with zero attached hydrogens (tertiary/aromatic N) is 1. The van der Waals surface area contributed by atoms with Crippen LogP contribution in [0.1, 0.15) is 10.4 Å². The van der Waals surface area contributed by atoms with Crippen LogP contribution < -0.4 is 0 Å². The van der Waals surface area contributed by atoms with Crippen molar-refractivity contribution in [3.63, 3.8) is 0 Å². The van der Waals surface area contributed by atoms with E-state index in [0.29, 0.717) is 5.02 Å². The molecular formula is C14H8ClNO2S2. The van der Waals surface area contributed by atoms with Crippen LogP contribution >= 0.6 is 34.7 Å². The fourth-order valence-corrected chi connectivity index (χ4v) is 4.03. The van der Waals surface area contributed by atoms with E-state index in [-0.39, 0.29) is 5.56 Å². The number of aromatic nitrogens is 1. The van der Waals surface area contributed by atoms with Crippen molar-refractivity contribution in [2.24, 2.45) is 0 Å². The highest BCUT2D eigenvalue weighted by Gasteiger charge is 2.10. The standard InChI is InChI=1S/C14H8ClNO2S2/c15-9-7-8(13(17)18)5-6-11(9)19-14-16-10-3-1-2-4-12(10)20-14/h1-7H,(H,17,18). The van der Waals surface area contributed by atoms with Gasteiger partial charge in [-0.25, -0.2) is 9.78 Å². The third-order valence-electron chi connectivity index (χ3n) is 2.65. The summed E-state index contributed by atoms with van der Waals surface area (Å²) in [5.41, 5.74) is 1.14. The minimum absolute atomic E-state index is 0.184. The van der Waals surface area contributed by atoms with E-state index in [4.69, 9.17) is 16.7 Å². The second-order valence-corrected chi connectivity index (χ2v) is 6.73. The van der Waals surface area contributed by atoms with E-state index in [9.17, 15) is 4.79 Å². The molecule has 0 saturated heterocycles. The average Bonchev–Trinajstić information content (AvgIpc) is 2.83. The lowest BCUT2D eigenvalue weighted by Gasteiger charge is -2.02. The quantitative estimate of drug-likeness (QED) is 0.753. The van der Waals surface area contributed by atoms with Crippen LogP contribution in [-0.2, 0) is 0 Å². The van der Waals surface area contributed by atoms with Gasteiger partial charge in [0.15, 0.2) is 4.34 Å². The maximum absolute atomic E-state index is 10.9. The molecular weight excluding hydrogens is 314 g/mol. The maximum atomic E-state index is 10.9. The first-order valence-corrected chi connectivity index (χ1v) is 7.71. The van der Waals surface area contributed by atoms with E-state index in [0.717, 1.165) is 19.5 Å². The number of fused-ring (bicyclic) bond motifs is 1. The molecule has 1 aromatic heterocycles. The SMILES string of the molecule is O=C(O)c1ccc(Sc2nc3ccccc3s2)c(Cl)c1. The van der Waals surface area contributed by atoms with Gasteiger partial charge >= 0.3 is 5.97 Å². The molecule has 0 aliphatic heterocycles. The van der Waals surface area contributed by atoms with E-state index in [1.165, 1.54) is 17.8 Å². The minimum Gasteiger partial charge on any atom is -0.478 e. The Morgan fingerprint density at radius 1 is 1.25 bits per heavy atom. The van der Waals surface area contributed by atoms with Crippen molar-refractivity contribution < 1.29 is 9.90 Å². The first-order valence-electron chi connectivity index (χ1n) is 5.70. The summed E-state index contributed by atoms with van der Waals surface area (Å²) in [6.45, 7) is 0. The van der Waals surface area contributed by atoms with Crippen molar-refractivity contribution in [2.45, 2.75) is 9.24 Å². The van der Waals surface area contributed by atoms with Crippen LogP contribution in [0.2, 0.25) is 5.02 Å². The van der Waals surface area contributed by atoms with Crippen LogP contribution in [0, 0.1) is 0 Å². The highest BCUT2D eigenvalue weighted by Crippen LogP contribution is 2.37. The Kier molecular flexibility index (Phi) is 3.65. The molecule has 0 aliphatic carbocycles. The lowest BCUT2D eigenvalue weighted by atomic mass is 10.2. The number of carboxylic acid groups (broad SMARTS) is 1. The molecule has 0 fully saturated rings. The third-order valence-corrected chi connectivity index (χ3v) is 5.25. The zero-order chi connectivity index (χ0) is 14.1. The Bertz CT molecular complexity index is 768. The fourth-order valence-electron chi connectivity index (χ4n) is 1.71. The molecule has 20 heavy (non-hydrogen) atoms. The van der Waals surface area contributed by atoms with Gasteiger partial charge < -0.3 is 5.11 Å². The van der Waals surface area contributed by atoms with E-state index >= 15 is 0 Å². The summed E-state index contributed by atoms with van der Waals surface area (Å²) in [4.78, 5) is 16.2. The van der Waals surface area contributed by atoms with Gasteiger partial charge in [-0.3, -0.25) is 0 Å². The van der Waals surface area contributed by atoms with Crippen molar-refractivity contribution >= 4 is 50.9 Å². The van der Waals surface area contributed by atoms with Crippen LogP contribution in [0.5, 0.6) is 0 Å². The molecule has 0 radical (unpaired) electrons. The molecule has 0 unspecified atom stereocenters. The summed E-state index contributed by atoms with van der Waals surface area (Å²) in [6, 6.07) is 12.6. The summed E-state index contributed by atoms with van der Waals surface area (Å²) in [5, 5.41) is 9.33. The van der Waals surface area contributed by atoms with Gasteiger partial charge in [-0.1, -0.05) is 35.5 Å². The Morgan fingerprint density at radius 3 is 2.75 bits per heavy atom. The van der Waals surface area contributed by atoms with E-state index in [1.54, 1.807) is 23.5 Å². The van der Waals surface area contributed by atoms with Crippen LogP contribution in [0.15, 0.2) is 51.7 Å². The Labute approximate surface area is 128 Å². The topological polar surface area (TPSA) is 50.2 Å². The van der Waals surface area contributed by atoms with Crippen molar-refractivity contribution in [2.75, 3.05) is 0 Å². The second-order valence-electron chi connectivity index (χ2n) is 4.00. The zero-order valence-corrected chi connectivity index (χ0v) is 12.4. The Hall–Kier alpha value is -1.56. The summed E-state index contributed by atoms with van der Waals surface area (Å²) in [6.07, 6.45) is 0. The van der Waals surface area contributed by atoms with Gasteiger partial charge in [0.2, 0.25) is 0 Å². The van der Waals surface area contributed by atoms with E-state index in [1.807, 2.05) is 24.3 Å². The van der Waals surface area contributed by atoms with Crippen LogP contribution in [0.25, 0.3) is 10.2 Å². The van der Waals surface area contributed by atoms with Crippen molar-refractivity contribution in [3.05, 3.63) is 53.1 Å². The average molecular weight is 322 g/mol. The Morgan fingerprint density at radius 2 is 2.05 bits per heavy atom. The highest BCUT2D eigenvalue weighted by atomic mass is 35.5. The van der Waals surface area contributed by atoms with Crippen molar-refractivity contribution in [1.29, 1.82) is 0 Å². The Balaban J connectivity index is 1.92. The zero-order valence-electron chi connectivity index (χ0n) is 10.0. The van der Waals surface area contributed by atoms with Gasteiger partial charge in [-0.15, -0.1) is 11.3 Å². The van der Waals surface area contributed by atoms with Crippen LogP contribution in [0.3, 0.4) is 0 Å². The molecule has 3 rings (SSSR count). The molecule has 1 N–H and O–H groups in total. The van der Waals surface area contributed by atoms with Gasteiger partial charge in [0.25, 0.3) is 0 Å². The van der Waals surface area contributed by atoms with Gasteiger partial charge in [0, 0.05) is 4.90 Å². The monoisotopic (exact) mass is 321 g/mol. The largest absolute Gasteiger partial charge is 0.478 e. The number of hydrogen-bond acceptors (Lipinski definition) is 4. The lowest BCUT2D eigenvalue weighted by Crippen LogP contribution is -1.95. The van der Waals surface area contributed by atoms with Gasteiger partial charge in [0.1, 0.15) is 0 Å². The normalized spacial score (nSPS) is 10.8. The first kappa shape index (κ1) is 13.4. The molecule has 6 heteroatoms. The number of para-hydroxylation sites is 1. The summed E-state index contributed by atoms with van der Waals surface area (Å²) in [7, 11) is 0. The molecule has 1 heterocycles. The third kappa shape index (κ3) is 2.65. The summed E-state index contributed by atoms with van der Waals surface area (Å²) < 4.78 is 2.00. The first-order chi connectivity index (χ1) is 9.63. The fraction of sp³-hybridized carbons (Fsp3) is 0. The number of halogens is 1. The van der Waals surface area contributed by atoms with Crippen molar-refractivity contribution in [1.82, 2.24) is 4.98 Å². The molecule has 100 valence electrons. The second kappa shape index (κ2) is 5.44. The molecule has 2 aromatic carbocycles. The molecule has 0 saturated carbocycles. The van der Waals surface area contributed by atoms with Gasteiger partial charge in [-0.2, -0.15) is 0 Å². The molecule has 3 nitrogen and oxygen atoms in total. The molecule has 0 aliphatic rings. The molecule has 0 spiro atoms. The van der Waals surface area contributed by atoms with Crippen LogP contribution in [-0.4, -0.2) is 16.1 Å². The molecule has 0 atom stereocenters. The number of thiazole rings is 1. The van der Waals surface area contributed by atoms with Gasteiger partial charge in [0.05, 0.1) is 20.8 Å². The molecule has 0 amide bonds. The highest BCUT2D eigenvalue weighted by molar-refractivity contribution is 8.01. The predicted molar refractivity (Wildman–Crippen MR) is 82.2 cm³/mol. The number of carboxylic acids is 1. The maximum Gasteiger partial charge on any atom is 0.335 e. The molecule has 3 aromatic rings. The van der Waals surface area contributed by atoms with Crippen LogP contribution in [0.4, 0.5) is 0 Å². The lowest BCUT2D eigenvalue weighted by molar-refractivity contribution is 0.0697. The predicted octanol–water partition coefficient (Wildman–Crippen LogP) is 4.80. The smallest absolute Gasteiger partial charge is 0.335 e. The number of rotatable bonds is 3. The summed E-state index contributed by atoms with van der Waals surface area (Å²) in [5.74, 6) is -0.983. The number of benzene rings is 2. The van der Waals surface area contributed by atoms with Crippen molar-refractivity contribution in [3.8, 4) is 0 Å². The summed E-state index contributed by atoms with van der Waals surface area (Å²) >= 11 is 9.15. The van der Waals surface area contributed by atoms with E-state index in [2.05, 4.69) is 4.98 Å². The minimum atomic E-state index is -0.983. The molecule has 0 bridgehead atoms. The van der Waals surface area contributed by atoms with Gasteiger partial charge in [-0.05, 0) is 30.3 Å². The number of aromatic carboxylic acids is 1. The van der Waals surface area contributed by atoms with E-state index < -0.39 is 5.97 Å². The number of carbonyl (C=O) groups is 1.